The number of hydrogen-bond donors (Lipinski definition) is 2. The van der Waals surface area contributed by atoms with Gasteiger partial charge < -0.3 is 14.8 Å². The van der Waals surface area contributed by atoms with E-state index in [1.54, 1.807) is 6.26 Å². The van der Waals surface area contributed by atoms with E-state index in [9.17, 15) is 5.11 Å². The van der Waals surface area contributed by atoms with Crippen molar-refractivity contribution in [3.63, 3.8) is 0 Å². The van der Waals surface area contributed by atoms with E-state index >= 15 is 0 Å². The van der Waals surface area contributed by atoms with E-state index in [-0.39, 0.29) is 6.10 Å². The lowest BCUT2D eigenvalue weighted by Gasteiger charge is -2.10. The highest BCUT2D eigenvalue weighted by molar-refractivity contribution is 5.42. The number of nitrogens with one attached hydrogen (secondary N) is 1. The van der Waals surface area contributed by atoms with Crippen LogP contribution in [0.4, 0.5) is 0 Å². The smallest absolute Gasteiger partial charge is 0.126 e. The average Bonchev–Trinajstić information content (AvgIpc) is 2.92. The van der Waals surface area contributed by atoms with Crippen LogP contribution in [-0.4, -0.2) is 24.3 Å². The Morgan fingerprint density at radius 2 is 2.00 bits per heavy atom. The van der Waals surface area contributed by atoms with E-state index in [1.807, 2.05) is 54.6 Å². The molecule has 0 saturated carbocycles. The maximum Gasteiger partial charge on any atom is 0.126 e. The quantitative estimate of drug-likeness (QED) is 0.749. The number of rotatable bonds is 7. The Kier molecular flexibility index (Phi) is 5.41. The van der Waals surface area contributed by atoms with E-state index in [0.29, 0.717) is 19.5 Å². The molecular weight excluding hydrogens is 238 g/mol. The minimum atomic E-state index is -0.362. The van der Waals surface area contributed by atoms with Crippen molar-refractivity contribution in [3.8, 4) is 0 Å². The Labute approximate surface area is 113 Å². The van der Waals surface area contributed by atoms with Gasteiger partial charge in [-0.15, -0.1) is 0 Å². The van der Waals surface area contributed by atoms with E-state index in [2.05, 4.69) is 5.32 Å². The second kappa shape index (κ2) is 7.56. The first-order valence-electron chi connectivity index (χ1n) is 6.47. The van der Waals surface area contributed by atoms with Gasteiger partial charge in [-0.05, 0) is 30.2 Å². The van der Waals surface area contributed by atoms with E-state index in [4.69, 9.17) is 4.42 Å². The number of hydrogen-bond acceptors (Lipinski definition) is 3. The summed E-state index contributed by atoms with van der Waals surface area (Å²) in [5.74, 6) is 0.839. The Balaban J connectivity index is 1.63. The summed E-state index contributed by atoms with van der Waals surface area (Å²) in [6.07, 6.45) is 5.86. The molecule has 0 radical (unpaired) electrons. The van der Waals surface area contributed by atoms with Gasteiger partial charge >= 0.3 is 0 Å². The summed E-state index contributed by atoms with van der Waals surface area (Å²) in [6, 6.07) is 13.8. The van der Waals surface area contributed by atoms with Gasteiger partial charge in [0.1, 0.15) is 5.76 Å². The molecule has 0 saturated heterocycles. The van der Waals surface area contributed by atoms with Crippen LogP contribution < -0.4 is 5.32 Å². The maximum atomic E-state index is 9.88. The van der Waals surface area contributed by atoms with Crippen molar-refractivity contribution in [2.45, 2.75) is 12.5 Å². The maximum absolute atomic E-state index is 9.88. The molecule has 19 heavy (non-hydrogen) atoms. The fraction of sp³-hybridized carbons (Fsp3) is 0.250. The highest BCUT2D eigenvalue weighted by Gasteiger charge is 2.03. The van der Waals surface area contributed by atoms with Crippen LogP contribution in [0, 0.1) is 0 Å². The molecule has 0 bridgehead atoms. The van der Waals surface area contributed by atoms with Gasteiger partial charge in [-0.2, -0.15) is 0 Å². The molecule has 0 fully saturated rings. The Morgan fingerprint density at radius 1 is 1.16 bits per heavy atom. The van der Waals surface area contributed by atoms with Gasteiger partial charge in [0.2, 0.25) is 0 Å². The number of benzene rings is 1. The van der Waals surface area contributed by atoms with E-state index in [1.165, 1.54) is 0 Å². The minimum Gasteiger partial charge on any atom is -0.465 e. The third-order valence-electron chi connectivity index (χ3n) is 2.78. The fourth-order valence-corrected chi connectivity index (χ4v) is 1.85. The van der Waals surface area contributed by atoms with Crippen molar-refractivity contribution >= 4 is 6.08 Å². The molecule has 1 aromatic heterocycles. The fourth-order valence-electron chi connectivity index (χ4n) is 1.85. The topological polar surface area (TPSA) is 45.4 Å². The Morgan fingerprint density at radius 3 is 2.74 bits per heavy atom. The molecule has 3 heteroatoms. The minimum absolute atomic E-state index is 0.362. The average molecular weight is 257 g/mol. The molecule has 0 spiro atoms. The van der Waals surface area contributed by atoms with Gasteiger partial charge in [-0.3, -0.25) is 0 Å². The third kappa shape index (κ3) is 5.12. The molecule has 2 aromatic rings. The molecule has 1 atom stereocenters. The van der Waals surface area contributed by atoms with Crippen molar-refractivity contribution in [1.82, 2.24) is 5.32 Å². The van der Waals surface area contributed by atoms with Crippen molar-refractivity contribution in [3.05, 3.63) is 66.1 Å². The molecule has 3 nitrogen and oxygen atoms in total. The van der Waals surface area contributed by atoms with Gasteiger partial charge in [0.05, 0.1) is 12.4 Å². The van der Waals surface area contributed by atoms with Crippen LogP contribution in [0.25, 0.3) is 6.08 Å². The highest BCUT2D eigenvalue weighted by Crippen LogP contribution is 2.03. The van der Waals surface area contributed by atoms with Crippen molar-refractivity contribution in [1.29, 1.82) is 0 Å². The van der Waals surface area contributed by atoms with Crippen molar-refractivity contribution in [2.75, 3.05) is 13.1 Å². The summed E-state index contributed by atoms with van der Waals surface area (Å²) in [5, 5.41) is 13.1. The highest BCUT2D eigenvalue weighted by atomic mass is 16.3. The van der Waals surface area contributed by atoms with Crippen LogP contribution in [0.2, 0.25) is 0 Å². The predicted molar refractivity (Wildman–Crippen MR) is 76.8 cm³/mol. The monoisotopic (exact) mass is 257 g/mol. The van der Waals surface area contributed by atoms with Crippen LogP contribution in [0.5, 0.6) is 0 Å². The summed E-state index contributed by atoms with van der Waals surface area (Å²) in [6.45, 7) is 1.30. The Hall–Kier alpha value is -1.84. The molecule has 1 heterocycles. The van der Waals surface area contributed by atoms with Crippen LogP contribution in [0.15, 0.2) is 59.2 Å². The van der Waals surface area contributed by atoms with Gasteiger partial charge in [0.25, 0.3) is 0 Å². The second-order valence-electron chi connectivity index (χ2n) is 4.42. The first kappa shape index (κ1) is 13.6. The van der Waals surface area contributed by atoms with E-state index in [0.717, 1.165) is 11.3 Å². The number of furan rings is 1. The van der Waals surface area contributed by atoms with Crippen LogP contribution in [-0.2, 0) is 6.42 Å². The Bertz CT molecular complexity index is 477. The lowest BCUT2D eigenvalue weighted by molar-refractivity contribution is 0.173. The standard InChI is InChI=1S/C16H19NO2/c18-15(12-14-6-2-1-3-7-14)13-17-10-4-8-16-9-5-11-19-16/h1-9,11,15,17-18H,10,12-13H2/b8-4+. The molecule has 0 aliphatic carbocycles. The SMILES string of the molecule is OC(CNC/C=C/c1ccco1)Cc1ccccc1. The van der Waals surface area contributed by atoms with Crippen LogP contribution in [0.3, 0.4) is 0 Å². The lowest BCUT2D eigenvalue weighted by atomic mass is 10.1. The summed E-state index contributed by atoms with van der Waals surface area (Å²) >= 11 is 0. The van der Waals surface area contributed by atoms with Crippen molar-refractivity contribution < 1.29 is 9.52 Å². The second-order valence-corrected chi connectivity index (χ2v) is 4.42. The van der Waals surface area contributed by atoms with Crippen molar-refractivity contribution in [2.24, 2.45) is 0 Å². The van der Waals surface area contributed by atoms with Gasteiger partial charge in [0, 0.05) is 13.1 Å². The summed E-state index contributed by atoms with van der Waals surface area (Å²) in [7, 11) is 0. The zero-order chi connectivity index (χ0) is 13.3. The molecule has 1 aromatic carbocycles. The predicted octanol–water partition coefficient (Wildman–Crippen LogP) is 2.49. The first-order valence-corrected chi connectivity index (χ1v) is 6.47. The van der Waals surface area contributed by atoms with E-state index < -0.39 is 0 Å². The zero-order valence-electron chi connectivity index (χ0n) is 10.8. The molecule has 0 aliphatic heterocycles. The first-order chi connectivity index (χ1) is 9.34. The molecule has 0 aliphatic rings. The molecule has 0 amide bonds. The molecule has 100 valence electrons. The largest absolute Gasteiger partial charge is 0.465 e. The molecule has 1 unspecified atom stereocenters. The summed E-state index contributed by atoms with van der Waals surface area (Å²) in [5.41, 5.74) is 1.16. The number of aliphatic hydroxyl groups is 1. The van der Waals surface area contributed by atoms with Gasteiger partial charge in [0.15, 0.2) is 0 Å². The van der Waals surface area contributed by atoms with Crippen LogP contribution >= 0.6 is 0 Å². The summed E-state index contributed by atoms with van der Waals surface area (Å²) < 4.78 is 5.18. The number of aliphatic hydroxyl groups excluding tert-OH is 1. The zero-order valence-corrected chi connectivity index (χ0v) is 10.8. The molecule has 2 rings (SSSR count). The molecular formula is C16H19NO2. The summed E-state index contributed by atoms with van der Waals surface area (Å²) in [4.78, 5) is 0. The van der Waals surface area contributed by atoms with Gasteiger partial charge in [-0.25, -0.2) is 0 Å². The van der Waals surface area contributed by atoms with Gasteiger partial charge in [-0.1, -0.05) is 36.4 Å². The molecule has 2 N–H and O–H groups in total. The van der Waals surface area contributed by atoms with Crippen LogP contribution in [0.1, 0.15) is 11.3 Å². The third-order valence-corrected chi connectivity index (χ3v) is 2.78. The normalized spacial score (nSPS) is 12.9. The lowest BCUT2D eigenvalue weighted by Crippen LogP contribution is -2.28.